The van der Waals surface area contributed by atoms with Crippen molar-refractivity contribution in [2.45, 2.75) is 0 Å². The Kier molecular flexibility index (Phi) is 3.47. The van der Waals surface area contributed by atoms with Gasteiger partial charge in [-0.2, -0.15) is 5.26 Å². The summed E-state index contributed by atoms with van der Waals surface area (Å²) in [5.41, 5.74) is 1.22. The fourth-order valence-electron chi connectivity index (χ4n) is 1.63. The first kappa shape index (κ1) is 12.7. The van der Waals surface area contributed by atoms with Crippen LogP contribution in [-0.4, -0.2) is 36.8 Å². The summed E-state index contributed by atoms with van der Waals surface area (Å²) in [6, 6.07) is 9.03. The zero-order valence-electron chi connectivity index (χ0n) is 10.8. The number of rotatable bonds is 4. The summed E-state index contributed by atoms with van der Waals surface area (Å²) in [5.74, 6) is 0.879. The van der Waals surface area contributed by atoms with Gasteiger partial charge in [-0.05, 0) is 17.3 Å². The van der Waals surface area contributed by atoms with Crippen molar-refractivity contribution in [3.8, 4) is 29.0 Å². The molecule has 8 nitrogen and oxygen atoms in total. The summed E-state index contributed by atoms with van der Waals surface area (Å²) in [7, 11) is 0. The van der Waals surface area contributed by atoms with Crippen LogP contribution in [0.15, 0.2) is 42.9 Å². The highest BCUT2D eigenvalue weighted by Gasteiger charge is 2.09. The molecule has 8 heteroatoms. The first-order valence-corrected chi connectivity index (χ1v) is 6.03. The minimum absolute atomic E-state index is 0.0465. The molecule has 0 N–H and O–H groups in total. The number of nitrogens with zero attached hydrogens (tertiary/aromatic N) is 7. The molecule has 0 aliphatic carbocycles. The lowest BCUT2D eigenvalue weighted by molar-refractivity contribution is 0.366. The molecule has 0 saturated carbocycles. The van der Waals surface area contributed by atoms with E-state index in [9.17, 15) is 0 Å². The Bertz CT molecular complexity index is 778. The molecule has 3 rings (SSSR count). The highest BCUT2D eigenvalue weighted by Crippen LogP contribution is 2.15. The summed E-state index contributed by atoms with van der Waals surface area (Å²) < 4.78 is 5.18. The van der Waals surface area contributed by atoms with Crippen LogP contribution in [-0.2, 0) is 0 Å². The first-order valence-electron chi connectivity index (χ1n) is 6.03. The summed E-state index contributed by atoms with van der Waals surface area (Å²) in [6.45, 7) is -0.0465. The van der Waals surface area contributed by atoms with Gasteiger partial charge in [0.05, 0.1) is 12.4 Å². The number of tetrazole rings is 1. The summed E-state index contributed by atoms with van der Waals surface area (Å²) >= 11 is 0. The highest BCUT2D eigenvalue weighted by molar-refractivity contribution is 5.47. The van der Waals surface area contributed by atoms with Crippen molar-refractivity contribution in [3.63, 3.8) is 0 Å². The molecule has 0 spiro atoms. The van der Waals surface area contributed by atoms with Crippen molar-refractivity contribution < 1.29 is 4.74 Å². The fraction of sp³-hybridized carbons (Fsp3) is 0.0769. The topological polar surface area (TPSA) is 102 Å². The number of nitriles is 1. The Morgan fingerprint density at radius 1 is 1.29 bits per heavy atom. The van der Waals surface area contributed by atoms with Gasteiger partial charge in [-0.1, -0.05) is 6.07 Å². The number of pyridine rings is 2. The van der Waals surface area contributed by atoms with Gasteiger partial charge in [-0.3, -0.25) is 9.97 Å². The minimum Gasteiger partial charge on any atom is -0.477 e. The Balaban J connectivity index is 1.88. The van der Waals surface area contributed by atoms with Crippen molar-refractivity contribution in [1.29, 1.82) is 5.26 Å². The normalized spacial score (nSPS) is 10.0. The van der Waals surface area contributed by atoms with E-state index in [0.717, 1.165) is 0 Å². The van der Waals surface area contributed by atoms with E-state index in [2.05, 4.69) is 25.4 Å². The van der Waals surface area contributed by atoms with Crippen molar-refractivity contribution in [2.75, 3.05) is 6.61 Å². The first-order chi connectivity index (χ1) is 10.4. The Morgan fingerprint density at radius 3 is 3.05 bits per heavy atom. The monoisotopic (exact) mass is 279 g/mol. The molecular formula is C13H9N7O. The van der Waals surface area contributed by atoms with Gasteiger partial charge in [0.1, 0.15) is 23.2 Å². The van der Waals surface area contributed by atoms with E-state index < -0.39 is 0 Å². The van der Waals surface area contributed by atoms with Crippen LogP contribution in [0.25, 0.3) is 17.2 Å². The third kappa shape index (κ3) is 2.82. The van der Waals surface area contributed by atoms with Gasteiger partial charge in [0.25, 0.3) is 0 Å². The predicted octanol–water partition coefficient (Wildman–Crippen LogP) is 1.02. The molecule has 3 aromatic heterocycles. The van der Waals surface area contributed by atoms with Crippen molar-refractivity contribution in [2.24, 2.45) is 0 Å². The lowest BCUT2D eigenvalue weighted by atomic mass is 10.3. The Hall–Kier alpha value is -3.34. The lowest BCUT2D eigenvalue weighted by Crippen LogP contribution is -2.01. The molecule has 0 amide bonds. The number of ether oxygens (including phenoxy) is 1. The largest absolute Gasteiger partial charge is 0.477 e. The molecule has 0 atom stereocenters. The van der Waals surface area contributed by atoms with E-state index in [1.54, 1.807) is 24.5 Å². The van der Waals surface area contributed by atoms with Gasteiger partial charge in [0.2, 0.25) is 5.82 Å². The van der Waals surface area contributed by atoms with Crippen molar-refractivity contribution in [3.05, 3.63) is 42.9 Å². The quantitative estimate of drug-likeness (QED) is 0.702. The van der Waals surface area contributed by atoms with Crippen LogP contribution in [0.2, 0.25) is 0 Å². The van der Waals surface area contributed by atoms with Crippen LogP contribution in [0.1, 0.15) is 0 Å². The van der Waals surface area contributed by atoms with Crippen LogP contribution >= 0.6 is 0 Å². The molecule has 3 aromatic rings. The second kappa shape index (κ2) is 5.75. The molecule has 0 saturated heterocycles. The Labute approximate surface area is 119 Å². The summed E-state index contributed by atoms with van der Waals surface area (Å²) in [4.78, 5) is 9.51. The molecule has 0 bridgehead atoms. The SMILES string of the molecule is N#CCOc1cncc(-n2nnc(-c3ccccn3)n2)c1. The van der Waals surface area contributed by atoms with E-state index in [0.29, 0.717) is 23.0 Å². The van der Waals surface area contributed by atoms with Crippen LogP contribution in [0.3, 0.4) is 0 Å². The third-order valence-electron chi connectivity index (χ3n) is 2.54. The average molecular weight is 279 g/mol. The molecule has 0 fully saturated rings. The van der Waals surface area contributed by atoms with Crippen LogP contribution in [0, 0.1) is 11.3 Å². The van der Waals surface area contributed by atoms with Gasteiger partial charge in [-0.25, -0.2) is 0 Å². The number of hydrogen-bond acceptors (Lipinski definition) is 7. The second-order valence-corrected chi connectivity index (χ2v) is 3.94. The molecule has 102 valence electrons. The molecule has 0 aliphatic rings. The molecule has 0 aromatic carbocycles. The van der Waals surface area contributed by atoms with Crippen LogP contribution in [0.5, 0.6) is 5.75 Å². The maximum Gasteiger partial charge on any atom is 0.223 e. The lowest BCUT2D eigenvalue weighted by Gasteiger charge is -2.02. The van der Waals surface area contributed by atoms with Crippen molar-refractivity contribution >= 4 is 0 Å². The summed E-state index contributed by atoms with van der Waals surface area (Å²) in [5, 5.41) is 20.7. The van der Waals surface area contributed by atoms with E-state index in [1.807, 2.05) is 18.2 Å². The van der Waals surface area contributed by atoms with Gasteiger partial charge in [-0.15, -0.1) is 15.0 Å². The van der Waals surface area contributed by atoms with E-state index in [-0.39, 0.29) is 6.61 Å². The Morgan fingerprint density at radius 2 is 2.24 bits per heavy atom. The van der Waals surface area contributed by atoms with Crippen LogP contribution in [0.4, 0.5) is 0 Å². The second-order valence-electron chi connectivity index (χ2n) is 3.94. The van der Waals surface area contributed by atoms with Gasteiger partial charge < -0.3 is 4.74 Å². The molecule has 21 heavy (non-hydrogen) atoms. The molecular weight excluding hydrogens is 270 g/mol. The average Bonchev–Trinajstić information content (AvgIpc) is 3.04. The van der Waals surface area contributed by atoms with E-state index in [4.69, 9.17) is 10.00 Å². The molecule has 0 radical (unpaired) electrons. The molecule has 3 heterocycles. The maximum atomic E-state index is 8.50. The third-order valence-corrected chi connectivity index (χ3v) is 2.54. The number of aromatic nitrogens is 6. The van der Waals surface area contributed by atoms with Gasteiger partial charge in [0.15, 0.2) is 6.61 Å². The number of hydrogen-bond donors (Lipinski definition) is 0. The zero-order chi connectivity index (χ0) is 14.5. The molecule has 0 unspecified atom stereocenters. The van der Waals surface area contributed by atoms with E-state index >= 15 is 0 Å². The highest BCUT2D eigenvalue weighted by atomic mass is 16.5. The zero-order valence-corrected chi connectivity index (χ0v) is 10.8. The van der Waals surface area contributed by atoms with Gasteiger partial charge in [0, 0.05) is 12.3 Å². The standard InChI is InChI=1S/C13H9N7O/c14-4-6-21-11-7-10(8-15-9-11)20-18-13(17-19-20)12-3-1-2-5-16-12/h1-3,5,7-9H,6H2. The maximum absolute atomic E-state index is 8.50. The minimum atomic E-state index is -0.0465. The predicted molar refractivity (Wildman–Crippen MR) is 71.3 cm³/mol. The molecule has 0 aliphatic heterocycles. The summed E-state index contributed by atoms with van der Waals surface area (Å²) in [6.07, 6.45) is 4.74. The fourth-order valence-corrected chi connectivity index (χ4v) is 1.63. The van der Waals surface area contributed by atoms with Crippen molar-refractivity contribution in [1.82, 2.24) is 30.2 Å². The van der Waals surface area contributed by atoms with Gasteiger partial charge >= 0.3 is 0 Å². The van der Waals surface area contributed by atoms with E-state index in [1.165, 1.54) is 11.0 Å². The van der Waals surface area contributed by atoms with Crippen LogP contribution < -0.4 is 4.74 Å². The smallest absolute Gasteiger partial charge is 0.223 e.